The molecule has 1 heterocycles. The number of rotatable bonds is 5. The second kappa shape index (κ2) is 7.76. The highest BCUT2D eigenvalue weighted by atomic mass is 35.5. The summed E-state index contributed by atoms with van der Waals surface area (Å²) in [4.78, 5) is 26.8. The number of nitrogens with zero attached hydrogens (tertiary/aromatic N) is 2. The Labute approximate surface area is 142 Å². The number of benzene rings is 1. The van der Waals surface area contributed by atoms with E-state index in [9.17, 15) is 9.59 Å². The van der Waals surface area contributed by atoms with Crippen molar-refractivity contribution in [3.05, 3.63) is 65.0 Å². The summed E-state index contributed by atoms with van der Waals surface area (Å²) in [6.45, 7) is 0. The van der Waals surface area contributed by atoms with E-state index in [4.69, 9.17) is 22.0 Å². The Balaban J connectivity index is 2.05. The molecule has 8 heteroatoms. The number of anilines is 2. The topological polar surface area (TPSA) is 115 Å². The molecule has 0 aliphatic rings. The molecule has 0 spiro atoms. The Bertz CT molecular complexity index is 824. The molecule has 0 saturated heterocycles. The first-order chi connectivity index (χ1) is 11.5. The number of pyridine rings is 1. The summed E-state index contributed by atoms with van der Waals surface area (Å²) < 4.78 is 0. The van der Waals surface area contributed by atoms with Crippen LogP contribution in [0.2, 0.25) is 5.02 Å². The Morgan fingerprint density at radius 1 is 1.21 bits per heavy atom. The summed E-state index contributed by atoms with van der Waals surface area (Å²) in [7, 11) is 0. The van der Waals surface area contributed by atoms with Gasteiger partial charge >= 0.3 is 5.97 Å². The quantitative estimate of drug-likeness (QED) is 0.568. The predicted molar refractivity (Wildman–Crippen MR) is 88.6 cm³/mol. The second-order valence-electron chi connectivity index (χ2n) is 4.51. The molecule has 2 aromatic rings. The lowest BCUT2D eigenvalue weighted by Gasteiger charge is -2.05. The number of aromatic carboxylic acids is 1. The molecule has 24 heavy (non-hydrogen) atoms. The normalized spacial score (nSPS) is 10.6. The molecule has 120 valence electrons. The van der Waals surface area contributed by atoms with E-state index in [-0.39, 0.29) is 11.1 Å². The lowest BCUT2D eigenvalue weighted by molar-refractivity contribution is -0.112. The van der Waals surface area contributed by atoms with Crippen molar-refractivity contribution in [1.29, 1.82) is 5.26 Å². The van der Waals surface area contributed by atoms with E-state index >= 15 is 0 Å². The molecule has 0 aliphatic heterocycles. The van der Waals surface area contributed by atoms with Crippen LogP contribution < -0.4 is 10.6 Å². The van der Waals surface area contributed by atoms with Crippen LogP contribution in [0, 0.1) is 11.3 Å². The molecule has 0 atom stereocenters. The largest absolute Gasteiger partial charge is 0.478 e. The Hall–Kier alpha value is -3.37. The summed E-state index contributed by atoms with van der Waals surface area (Å²) in [6.07, 6.45) is 2.64. The van der Waals surface area contributed by atoms with Crippen LogP contribution in [-0.4, -0.2) is 22.0 Å². The number of carbonyl (C=O) groups is 2. The van der Waals surface area contributed by atoms with Gasteiger partial charge in [-0.25, -0.2) is 9.78 Å². The van der Waals surface area contributed by atoms with Crippen molar-refractivity contribution in [2.24, 2.45) is 0 Å². The highest BCUT2D eigenvalue weighted by Gasteiger charge is 2.10. The van der Waals surface area contributed by atoms with E-state index < -0.39 is 11.9 Å². The van der Waals surface area contributed by atoms with Gasteiger partial charge < -0.3 is 15.7 Å². The maximum atomic E-state index is 12.0. The van der Waals surface area contributed by atoms with Crippen LogP contribution in [-0.2, 0) is 4.79 Å². The minimum Gasteiger partial charge on any atom is -0.478 e. The Morgan fingerprint density at radius 2 is 1.92 bits per heavy atom. The highest BCUT2D eigenvalue weighted by molar-refractivity contribution is 6.30. The van der Waals surface area contributed by atoms with Crippen molar-refractivity contribution < 1.29 is 14.7 Å². The maximum absolute atomic E-state index is 12.0. The van der Waals surface area contributed by atoms with E-state index in [1.807, 2.05) is 0 Å². The average molecular weight is 343 g/mol. The first kappa shape index (κ1) is 17.0. The van der Waals surface area contributed by atoms with Crippen LogP contribution in [0.4, 0.5) is 11.5 Å². The zero-order valence-corrected chi connectivity index (χ0v) is 12.9. The lowest BCUT2D eigenvalue weighted by atomic mass is 10.2. The number of nitrogens with one attached hydrogen (secondary N) is 2. The molecular weight excluding hydrogens is 332 g/mol. The summed E-state index contributed by atoms with van der Waals surface area (Å²) in [6, 6.07) is 10.5. The number of hydrogen-bond donors (Lipinski definition) is 3. The van der Waals surface area contributed by atoms with Gasteiger partial charge in [-0.05, 0) is 36.4 Å². The van der Waals surface area contributed by atoms with Gasteiger partial charge in [0.05, 0.1) is 10.6 Å². The Morgan fingerprint density at radius 3 is 2.46 bits per heavy atom. The standard InChI is InChI=1S/C16H11ClN4O3/c17-12-3-6-14(20-9-12)19-8-11(7-18)15(22)21-13-4-1-10(2-5-13)16(23)24/h1-6,8-9H,(H,19,20)(H,21,22)(H,23,24)/b11-8-. The van der Waals surface area contributed by atoms with Crippen LogP contribution in [0.5, 0.6) is 0 Å². The smallest absolute Gasteiger partial charge is 0.335 e. The molecule has 0 fully saturated rings. The molecule has 2 rings (SSSR count). The number of amides is 1. The monoisotopic (exact) mass is 342 g/mol. The first-order valence-corrected chi connectivity index (χ1v) is 7.00. The lowest BCUT2D eigenvalue weighted by Crippen LogP contribution is -2.14. The average Bonchev–Trinajstić information content (AvgIpc) is 2.57. The van der Waals surface area contributed by atoms with E-state index in [1.165, 1.54) is 36.7 Å². The van der Waals surface area contributed by atoms with Gasteiger partial charge in [0.2, 0.25) is 0 Å². The molecule has 0 unspecified atom stereocenters. The van der Waals surface area contributed by atoms with Crippen LogP contribution >= 0.6 is 11.6 Å². The van der Waals surface area contributed by atoms with Gasteiger partial charge in [0, 0.05) is 18.1 Å². The number of halogens is 1. The maximum Gasteiger partial charge on any atom is 0.335 e. The zero-order valence-electron chi connectivity index (χ0n) is 12.2. The van der Waals surface area contributed by atoms with Gasteiger partial charge in [-0.15, -0.1) is 0 Å². The second-order valence-corrected chi connectivity index (χ2v) is 4.95. The summed E-state index contributed by atoms with van der Waals surface area (Å²) in [5, 5.41) is 23.6. The van der Waals surface area contributed by atoms with Crippen LogP contribution in [0.25, 0.3) is 0 Å². The molecule has 3 N–H and O–H groups in total. The van der Waals surface area contributed by atoms with Gasteiger partial charge in [-0.2, -0.15) is 5.26 Å². The number of aromatic nitrogens is 1. The summed E-state index contributed by atoms with van der Waals surface area (Å²) in [5.41, 5.74) is 0.296. The molecule has 1 aromatic carbocycles. The molecule has 1 amide bonds. The Kier molecular flexibility index (Phi) is 5.49. The van der Waals surface area contributed by atoms with Crippen molar-refractivity contribution in [3.8, 4) is 6.07 Å². The SMILES string of the molecule is N#C/C(=C/Nc1ccc(Cl)cn1)C(=O)Nc1ccc(C(=O)O)cc1. The highest BCUT2D eigenvalue weighted by Crippen LogP contribution is 2.12. The molecular formula is C16H11ClN4O3. The molecule has 1 aromatic heterocycles. The summed E-state index contributed by atoms with van der Waals surface area (Å²) >= 11 is 5.71. The van der Waals surface area contributed by atoms with Crippen molar-refractivity contribution in [2.45, 2.75) is 0 Å². The van der Waals surface area contributed by atoms with Crippen molar-refractivity contribution in [1.82, 2.24) is 4.98 Å². The molecule has 0 aliphatic carbocycles. The van der Waals surface area contributed by atoms with Crippen LogP contribution in [0.15, 0.2) is 54.4 Å². The number of hydrogen-bond acceptors (Lipinski definition) is 5. The van der Waals surface area contributed by atoms with Gasteiger partial charge in [-0.3, -0.25) is 4.79 Å². The summed E-state index contributed by atoms with van der Waals surface area (Å²) in [5.74, 6) is -1.28. The first-order valence-electron chi connectivity index (χ1n) is 6.62. The number of nitriles is 1. The van der Waals surface area contributed by atoms with Crippen LogP contribution in [0.1, 0.15) is 10.4 Å². The number of carboxylic acids is 1. The third-order valence-corrected chi connectivity index (χ3v) is 3.07. The van der Waals surface area contributed by atoms with E-state index in [2.05, 4.69) is 15.6 Å². The zero-order chi connectivity index (χ0) is 17.5. The van der Waals surface area contributed by atoms with Gasteiger partial charge in [0.15, 0.2) is 0 Å². The van der Waals surface area contributed by atoms with Gasteiger partial charge in [0.25, 0.3) is 5.91 Å². The third kappa shape index (κ3) is 4.56. The third-order valence-electron chi connectivity index (χ3n) is 2.85. The van der Waals surface area contributed by atoms with Gasteiger partial charge in [0.1, 0.15) is 17.5 Å². The number of carbonyl (C=O) groups excluding carboxylic acids is 1. The fraction of sp³-hybridized carbons (Fsp3) is 0. The van der Waals surface area contributed by atoms with E-state index in [0.717, 1.165) is 0 Å². The molecule has 0 radical (unpaired) electrons. The van der Waals surface area contributed by atoms with Gasteiger partial charge in [-0.1, -0.05) is 11.6 Å². The minimum atomic E-state index is -1.06. The van der Waals surface area contributed by atoms with Crippen molar-refractivity contribution >= 4 is 35.0 Å². The van der Waals surface area contributed by atoms with E-state index in [1.54, 1.807) is 18.2 Å². The molecule has 7 nitrogen and oxygen atoms in total. The van der Waals surface area contributed by atoms with E-state index in [0.29, 0.717) is 16.5 Å². The van der Waals surface area contributed by atoms with Crippen LogP contribution in [0.3, 0.4) is 0 Å². The predicted octanol–water partition coefficient (Wildman–Crippen LogP) is 2.89. The minimum absolute atomic E-state index is 0.0968. The molecule has 0 bridgehead atoms. The van der Waals surface area contributed by atoms with Crippen molar-refractivity contribution in [2.75, 3.05) is 10.6 Å². The fourth-order valence-electron chi connectivity index (χ4n) is 1.65. The fourth-order valence-corrected chi connectivity index (χ4v) is 1.76. The number of carboxylic acid groups (broad SMARTS) is 1. The molecule has 0 saturated carbocycles. The van der Waals surface area contributed by atoms with Crippen molar-refractivity contribution in [3.63, 3.8) is 0 Å².